The number of aromatic amines is 2. The lowest BCUT2D eigenvalue weighted by Crippen LogP contribution is -2.15. The van der Waals surface area contributed by atoms with Crippen LogP contribution in [-0.4, -0.2) is 9.97 Å². The van der Waals surface area contributed by atoms with E-state index in [1.807, 2.05) is 0 Å². The predicted octanol–water partition coefficient (Wildman–Crippen LogP) is 5.45. The lowest BCUT2D eigenvalue weighted by molar-refractivity contribution is 1.41. The van der Waals surface area contributed by atoms with E-state index in [0.717, 1.165) is 0 Å². The number of H-pyrrole nitrogens is 2. The average molecular weight is 511 g/mol. The van der Waals surface area contributed by atoms with Gasteiger partial charge in [-0.3, -0.25) is 19.2 Å². The molecule has 1 aromatic heterocycles. The van der Waals surface area contributed by atoms with Gasteiger partial charge in [-0.05, 0) is 12.1 Å². The van der Waals surface area contributed by atoms with Crippen molar-refractivity contribution >= 4 is 88.4 Å². The van der Waals surface area contributed by atoms with E-state index >= 15 is 0 Å². The van der Waals surface area contributed by atoms with Crippen molar-refractivity contribution in [2.45, 2.75) is 0 Å². The minimum Gasteiger partial charge on any atom is -0.351 e. The number of nitrogens with one attached hydrogen (secondary N) is 2. The third-order valence-electron chi connectivity index (χ3n) is 6.82. The maximum Gasteiger partial charge on any atom is 0.196 e. The highest BCUT2D eigenvalue weighted by Gasteiger charge is 2.20. The van der Waals surface area contributed by atoms with E-state index in [4.69, 9.17) is 23.2 Å². The van der Waals surface area contributed by atoms with Gasteiger partial charge in [0.05, 0.1) is 53.7 Å². The van der Waals surface area contributed by atoms with Gasteiger partial charge in [-0.2, -0.15) is 0 Å². The molecule has 0 atom stereocenters. The van der Waals surface area contributed by atoms with Crippen LogP contribution < -0.4 is 21.7 Å². The second-order valence-electron chi connectivity index (χ2n) is 8.72. The van der Waals surface area contributed by atoms with Crippen LogP contribution in [0.5, 0.6) is 0 Å². The lowest BCUT2D eigenvalue weighted by atomic mass is 9.99. The first-order valence-corrected chi connectivity index (χ1v) is 11.8. The lowest BCUT2D eigenvalue weighted by Gasteiger charge is -2.12. The minimum absolute atomic E-state index is 0.102. The fourth-order valence-corrected chi connectivity index (χ4v) is 5.80. The van der Waals surface area contributed by atoms with Crippen LogP contribution >= 0.6 is 23.2 Å². The van der Waals surface area contributed by atoms with Crippen molar-refractivity contribution in [3.8, 4) is 0 Å². The van der Waals surface area contributed by atoms with Crippen LogP contribution in [0, 0.1) is 0 Å². The fourth-order valence-electron chi connectivity index (χ4n) is 5.22. The summed E-state index contributed by atoms with van der Waals surface area (Å²) in [4.78, 5) is 59.9. The molecule has 0 fully saturated rings. The molecule has 1 heterocycles. The normalized spacial score (nSPS) is 12.1. The highest BCUT2D eigenvalue weighted by molar-refractivity contribution is 6.39. The summed E-state index contributed by atoms with van der Waals surface area (Å²) in [5.74, 6) is 0. The summed E-state index contributed by atoms with van der Waals surface area (Å²) >= 11 is 13.1. The Hall–Kier alpha value is -4.26. The first-order valence-electron chi connectivity index (χ1n) is 11.0. The molecule has 7 rings (SSSR count). The molecule has 2 N–H and O–H groups in total. The molecule has 0 radical (unpaired) electrons. The Bertz CT molecular complexity index is 2210. The van der Waals surface area contributed by atoms with E-state index in [-0.39, 0.29) is 64.1 Å². The molecule has 0 saturated carbocycles. The highest BCUT2D eigenvalue weighted by Crippen LogP contribution is 2.32. The van der Waals surface area contributed by atoms with Crippen LogP contribution in [-0.2, 0) is 0 Å². The molecule has 0 unspecified atom stereocenters. The first kappa shape index (κ1) is 21.1. The van der Waals surface area contributed by atoms with E-state index in [1.54, 1.807) is 48.5 Å². The molecular formula is C28H12Cl2N2O4. The molecule has 7 aromatic rings. The zero-order valence-electron chi connectivity index (χ0n) is 18.2. The average Bonchev–Trinajstić information content (AvgIpc) is 2.88. The third kappa shape index (κ3) is 2.57. The van der Waals surface area contributed by atoms with E-state index in [2.05, 4.69) is 9.97 Å². The highest BCUT2D eigenvalue weighted by atomic mass is 35.5. The number of aromatic nitrogens is 2. The molecule has 6 nitrogen and oxygen atoms in total. The molecule has 36 heavy (non-hydrogen) atoms. The number of halogens is 2. The van der Waals surface area contributed by atoms with Crippen LogP contribution in [0.25, 0.3) is 65.2 Å². The zero-order valence-corrected chi connectivity index (χ0v) is 19.7. The summed E-state index contributed by atoms with van der Waals surface area (Å²) in [6, 6.07) is 16.3. The van der Waals surface area contributed by atoms with Gasteiger partial charge in [0, 0.05) is 21.5 Å². The van der Waals surface area contributed by atoms with Crippen molar-refractivity contribution in [3.05, 3.63) is 112 Å². The second-order valence-corrected chi connectivity index (χ2v) is 9.53. The van der Waals surface area contributed by atoms with E-state index in [0.29, 0.717) is 32.8 Å². The van der Waals surface area contributed by atoms with Crippen molar-refractivity contribution in [2.24, 2.45) is 0 Å². The van der Waals surface area contributed by atoms with Crippen molar-refractivity contribution in [3.63, 3.8) is 0 Å². The van der Waals surface area contributed by atoms with Gasteiger partial charge in [0.2, 0.25) is 0 Å². The predicted molar refractivity (Wildman–Crippen MR) is 146 cm³/mol. The quantitative estimate of drug-likeness (QED) is 0.209. The molecule has 0 saturated heterocycles. The molecule has 172 valence electrons. The Morgan fingerprint density at radius 2 is 0.778 bits per heavy atom. The molecule has 8 heteroatoms. The summed E-state index contributed by atoms with van der Waals surface area (Å²) in [7, 11) is 0. The van der Waals surface area contributed by atoms with Crippen molar-refractivity contribution in [1.82, 2.24) is 9.97 Å². The van der Waals surface area contributed by atoms with Crippen LogP contribution in [0.15, 0.2) is 79.8 Å². The summed E-state index contributed by atoms with van der Waals surface area (Å²) in [6.07, 6.45) is 0. The van der Waals surface area contributed by atoms with Gasteiger partial charge < -0.3 is 9.97 Å². The first-order chi connectivity index (χ1) is 17.4. The third-order valence-corrected chi connectivity index (χ3v) is 7.41. The van der Waals surface area contributed by atoms with Gasteiger partial charge in [0.1, 0.15) is 0 Å². The van der Waals surface area contributed by atoms with Gasteiger partial charge in [0.25, 0.3) is 0 Å². The second kappa shape index (κ2) is 7.13. The Kier molecular flexibility index (Phi) is 4.17. The molecule has 0 amide bonds. The molecular weight excluding hydrogens is 499 g/mol. The monoisotopic (exact) mass is 510 g/mol. The van der Waals surface area contributed by atoms with Crippen LogP contribution in [0.4, 0.5) is 0 Å². The van der Waals surface area contributed by atoms with Gasteiger partial charge in [-0.15, -0.1) is 0 Å². The largest absolute Gasteiger partial charge is 0.351 e. The Balaban J connectivity index is 1.77. The molecule has 6 aromatic carbocycles. The van der Waals surface area contributed by atoms with Crippen molar-refractivity contribution in [2.75, 3.05) is 0 Å². The van der Waals surface area contributed by atoms with Gasteiger partial charge in [-0.1, -0.05) is 71.7 Å². The fraction of sp³-hybridized carbons (Fsp3) is 0. The van der Waals surface area contributed by atoms with Gasteiger partial charge in [-0.25, -0.2) is 0 Å². The SMILES string of the molecule is O=c1c2ccccc2c(=O)c2c1c(Cl)cc1[nH]c3c(cc(Cl)c4c(=O)c5ccccc5c(=O)c43)[nH]c12. The number of hydrogen-bond donors (Lipinski definition) is 2. The molecule has 0 aliphatic rings. The van der Waals surface area contributed by atoms with Gasteiger partial charge >= 0.3 is 0 Å². The maximum atomic E-state index is 13.5. The summed E-state index contributed by atoms with van der Waals surface area (Å²) < 4.78 is 0. The van der Waals surface area contributed by atoms with Crippen LogP contribution in [0.2, 0.25) is 10.0 Å². The summed E-state index contributed by atoms with van der Waals surface area (Å²) in [5, 5.41) is 1.86. The Morgan fingerprint density at radius 3 is 1.11 bits per heavy atom. The Labute approximate surface area is 209 Å². The van der Waals surface area contributed by atoms with Crippen molar-refractivity contribution in [1.29, 1.82) is 0 Å². The van der Waals surface area contributed by atoms with Gasteiger partial charge in [0.15, 0.2) is 21.7 Å². The standard InChI is InChI=1S/C28H12Cl2N2O4/c29-15-9-17-23(21-19(15)25(33)11-5-1-3-7-13(11)27(21)35)31-18-10-16(30)20-22(24(18)32-17)28(36)14-8-4-2-6-12(14)26(20)34/h1-10,31-32H. The summed E-state index contributed by atoms with van der Waals surface area (Å²) in [6.45, 7) is 0. The number of fused-ring (bicyclic) bond motifs is 8. The van der Waals surface area contributed by atoms with Crippen molar-refractivity contribution < 1.29 is 0 Å². The number of hydrogen-bond acceptors (Lipinski definition) is 4. The Morgan fingerprint density at radius 1 is 0.472 bits per heavy atom. The minimum atomic E-state index is -0.346. The maximum absolute atomic E-state index is 13.5. The van der Waals surface area contributed by atoms with E-state index < -0.39 is 0 Å². The van der Waals surface area contributed by atoms with Crippen LogP contribution in [0.3, 0.4) is 0 Å². The topological polar surface area (TPSA) is 99.9 Å². The van der Waals surface area contributed by atoms with E-state index in [9.17, 15) is 19.2 Å². The smallest absolute Gasteiger partial charge is 0.196 e. The number of benzene rings is 6. The van der Waals surface area contributed by atoms with E-state index in [1.165, 1.54) is 12.1 Å². The zero-order chi connectivity index (χ0) is 24.9. The molecule has 0 aliphatic heterocycles. The summed E-state index contributed by atoms with van der Waals surface area (Å²) in [5.41, 5.74) is 0.108. The molecule has 0 aliphatic carbocycles. The molecule has 0 spiro atoms. The molecule has 0 bridgehead atoms. The number of rotatable bonds is 0. The van der Waals surface area contributed by atoms with Crippen LogP contribution in [0.1, 0.15) is 0 Å².